The van der Waals surface area contributed by atoms with Gasteiger partial charge in [0.2, 0.25) is 0 Å². The molecule has 0 fully saturated rings. The number of nitro benzene ring substituents is 1. The highest BCUT2D eigenvalue weighted by Gasteiger charge is 2.24. The van der Waals surface area contributed by atoms with E-state index >= 15 is 0 Å². The van der Waals surface area contributed by atoms with E-state index in [0.29, 0.717) is 5.69 Å². The minimum Gasteiger partial charge on any atom is -0.393 e. The molecule has 2 N–H and O–H groups in total. The van der Waals surface area contributed by atoms with Crippen molar-refractivity contribution in [3.8, 4) is 0 Å². The molecule has 5 nitrogen and oxygen atoms in total. The fourth-order valence-electron chi connectivity index (χ4n) is 2.23. The summed E-state index contributed by atoms with van der Waals surface area (Å²) in [4.78, 5) is 12.6. The quantitative estimate of drug-likeness (QED) is 0.443. The van der Waals surface area contributed by atoms with Gasteiger partial charge in [-0.15, -0.1) is 0 Å². The van der Waals surface area contributed by atoms with Gasteiger partial charge in [0, 0.05) is 19.2 Å². The number of nitrogen functional groups attached to an aromatic ring is 1. The van der Waals surface area contributed by atoms with E-state index in [9.17, 15) is 10.1 Å². The van der Waals surface area contributed by atoms with Crippen LogP contribution in [0, 0.1) is 17.0 Å². The number of rotatable bonds is 1. The molecule has 5 heteroatoms. The summed E-state index contributed by atoms with van der Waals surface area (Å²) in [7, 11) is 2.04. The monoisotopic (exact) mass is 221 g/mol. The van der Waals surface area contributed by atoms with Crippen LogP contribution < -0.4 is 5.73 Å². The molecule has 1 aliphatic heterocycles. The molecule has 0 bridgehead atoms. The standard InChI is InChI=1S/C11H15N3O2/c1-7-5-10(14(15)16)11(12)8-3-4-13(2)6-9(7)8/h5H,3-4,6,12H2,1-2H3. The summed E-state index contributed by atoms with van der Waals surface area (Å²) < 4.78 is 0. The Bertz CT molecular complexity index is 457. The number of anilines is 1. The van der Waals surface area contributed by atoms with Crippen LogP contribution in [0.4, 0.5) is 11.4 Å². The van der Waals surface area contributed by atoms with Crippen molar-refractivity contribution in [1.82, 2.24) is 4.90 Å². The SMILES string of the molecule is Cc1cc([N+](=O)[O-])c(N)c2c1CN(C)CC2. The lowest BCUT2D eigenvalue weighted by molar-refractivity contribution is -0.384. The minimum atomic E-state index is -0.402. The number of nitro groups is 1. The molecule has 1 aromatic rings. The first-order valence-corrected chi connectivity index (χ1v) is 5.24. The maximum atomic E-state index is 10.8. The van der Waals surface area contributed by atoms with Crippen LogP contribution in [0.15, 0.2) is 6.07 Å². The van der Waals surface area contributed by atoms with E-state index in [-0.39, 0.29) is 5.69 Å². The van der Waals surface area contributed by atoms with Gasteiger partial charge >= 0.3 is 0 Å². The number of likely N-dealkylation sites (N-methyl/N-ethyl adjacent to an activating group) is 1. The number of nitrogens with zero attached hydrogens (tertiary/aromatic N) is 2. The van der Waals surface area contributed by atoms with Crippen molar-refractivity contribution in [3.63, 3.8) is 0 Å². The molecule has 0 unspecified atom stereocenters. The lowest BCUT2D eigenvalue weighted by Crippen LogP contribution is -2.28. The first-order valence-electron chi connectivity index (χ1n) is 5.24. The van der Waals surface area contributed by atoms with Crippen LogP contribution in [-0.4, -0.2) is 23.4 Å². The van der Waals surface area contributed by atoms with Crippen LogP contribution in [0.5, 0.6) is 0 Å². The molecule has 16 heavy (non-hydrogen) atoms. The lowest BCUT2D eigenvalue weighted by atomic mass is 9.93. The Morgan fingerprint density at radius 1 is 1.50 bits per heavy atom. The molecule has 1 heterocycles. The van der Waals surface area contributed by atoms with Crippen molar-refractivity contribution in [2.75, 3.05) is 19.3 Å². The Labute approximate surface area is 94.0 Å². The Hall–Kier alpha value is -1.62. The van der Waals surface area contributed by atoms with Crippen molar-refractivity contribution >= 4 is 11.4 Å². The zero-order valence-electron chi connectivity index (χ0n) is 9.49. The van der Waals surface area contributed by atoms with Crippen molar-refractivity contribution in [2.45, 2.75) is 19.9 Å². The van der Waals surface area contributed by atoms with E-state index < -0.39 is 4.92 Å². The second-order valence-electron chi connectivity index (χ2n) is 4.33. The third-order valence-electron chi connectivity index (χ3n) is 3.16. The molecule has 2 rings (SSSR count). The fourth-order valence-corrected chi connectivity index (χ4v) is 2.23. The molecule has 0 saturated carbocycles. The van der Waals surface area contributed by atoms with Gasteiger partial charge in [-0.3, -0.25) is 10.1 Å². The summed E-state index contributed by atoms with van der Waals surface area (Å²) in [6, 6.07) is 1.58. The Morgan fingerprint density at radius 2 is 2.19 bits per heavy atom. The molecule has 0 saturated heterocycles. The molecular weight excluding hydrogens is 206 g/mol. The highest BCUT2D eigenvalue weighted by atomic mass is 16.6. The number of aryl methyl sites for hydroxylation is 1. The first kappa shape index (κ1) is 10.9. The average molecular weight is 221 g/mol. The molecule has 0 radical (unpaired) electrons. The molecule has 0 aliphatic carbocycles. The predicted molar refractivity (Wildman–Crippen MR) is 62.3 cm³/mol. The third-order valence-corrected chi connectivity index (χ3v) is 3.16. The van der Waals surface area contributed by atoms with Gasteiger partial charge in [-0.25, -0.2) is 0 Å². The van der Waals surface area contributed by atoms with Gasteiger partial charge in [0.25, 0.3) is 5.69 Å². The van der Waals surface area contributed by atoms with Crippen LogP contribution in [-0.2, 0) is 13.0 Å². The predicted octanol–water partition coefficient (Wildman–Crippen LogP) is 1.47. The van der Waals surface area contributed by atoms with E-state index in [1.165, 1.54) is 0 Å². The molecule has 1 aliphatic rings. The first-order chi connectivity index (χ1) is 7.50. The normalized spacial score (nSPS) is 15.9. The molecular formula is C11H15N3O2. The van der Waals surface area contributed by atoms with Gasteiger partial charge in [0.15, 0.2) is 0 Å². The second kappa shape index (κ2) is 3.75. The Morgan fingerprint density at radius 3 is 2.81 bits per heavy atom. The van der Waals surface area contributed by atoms with Gasteiger partial charge in [-0.05, 0) is 37.1 Å². The summed E-state index contributed by atoms with van der Waals surface area (Å²) in [6.07, 6.45) is 0.792. The molecule has 86 valence electrons. The largest absolute Gasteiger partial charge is 0.393 e. The number of fused-ring (bicyclic) bond motifs is 1. The number of nitrogens with two attached hydrogens (primary N) is 1. The summed E-state index contributed by atoms with van der Waals surface area (Å²) in [6.45, 7) is 3.63. The van der Waals surface area contributed by atoms with Crippen LogP contribution in [0.1, 0.15) is 16.7 Å². The molecule has 0 aromatic heterocycles. The number of benzene rings is 1. The minimum absolute atomic E-state index is 0.0424. The van der Waals surface area contributed by atoms with E-state index in [0.717, 1.165) is 36.2 Å². The highest BCUT2D eigenvalue weighted by molar-refractivity contribution is 5.68. The molecule has 0 spiro atoms. The van der Waals surface area contributed by atoms with Crippen LogP contribution >= 0.6 is 0 Å². The van der Waals surface area contributed by atoms with Gasteiger partial charge < -0.3 is 10.6 Å². The van der Waals surface area contributed by atoms with E-state index in [1.54, 1.807) is 6.07 Å². The highest BCUT2D eigenvalue weighted by Crippen LogP contribution is 2.33. The van der Waals surface area contributed by atoms with Gasteiger partial charge in [0.05, 0.1) is 4.92 Å². The summed E-state index contributed by atoms with van der Waals surface area (Å²) in [5, 5.41) is 10.8. The topological polar surface area (TPSA) is 72.4 Å². The number of hydrogen-bond acceptors (Lipinski definition) is 4. The third kappa shape index (κ3) is 1.63. The van der Waals surface area contributed by atoms with E-state index in [1.807, 2.05) is 14.0 Å². The zero-order valence-corrected chi connectivity index (χ0v) is 9.49. The second-order valence-corrected chi connectivity index (χ2v) is 4.33. The van der Waals surface area contributed by atoms with Crippen LogP contribution in [0.25, 0.3) is 0 Å². The summed E-state index contributed by atoms with van der Waals surface area (Å²) >= 11 is 0. The van der Waals surface area contributed by atoms with Crippen molar-refractivity contribution in [2.24, 2.45) is 0 Å². The maximum absolute atomic E-state index is 10.8. The fraction of sp³-hybridized carbons (Fsp3) is 0.455. The maximum Gasteiger partial charge on any atom is 0.292 e. The van der Waals surface area contributed by atoms with E-state index in [4.69, 9.17) is 5.73 Å². The van der Waals surface area contributed by atoms with E-state index in [2.05, 4.69) is 4.90 Å². The summed E-state index contributed by atoms with van der Waals surface area (Å²) in [5.41, 5.74) is 9.32. The number of hydrogen-bond donors (Lipinski definition) is 1. The zero-order chi connectivity index (χ0) is 11.9. The van der Waals surface area contributed by atoms with Crippen molar-refractivity contribution in [3.05, 3.63) is 32.9 Å². The molecule has 0 amide bonds. The van der Waals surface area contributed by atoms with Crippen molar-refractivity contribution < 1.29 is 4.92 Å². The summed E-state index contributed by atoms with van der Waals surface area (Å²) in [5.74, 6) is 0. The average Bonchev–Trinajstić information content (AvgIpc) is 2.22. The van der Waals surface area contributed by atoms with Crippen LogP contribution in [0.2, 0.25) is 0 Å². The van der Waals surface area contributed by atoms with Crippen LogP contribution in [0.3, 0.4) is 0 Å². The van der Waals surface area contributed by atoms with Gasteiger partial charge in [0.1, 0.15) is 5.69 Å². The lowest BCUT2D eigenvalue weighted by Gasteiger charge is -2.27. The Balaban J connectivity index is 2.60. The molecule has 1 aromatic carbocycles. The smallest absolute Gasteiger partial charge is 0.292 e. The van der Waals surface area contributed by atoms with Crippen molar-refractivity contribution in [1.29, 1.82) is 0 Å². The molecule has 0 atom stereocenters. The van der Waals surface area contributed by atoms with Gasteiger partial charge in [-0.2, -0.15) is 0 Å². The van der Waals surface area contributed by atoms with Gasteiger partial charge in [-0.1, -0.05) is 0 Å². The Kier molecular flexibility index (Phi) is 2.55.